The molecule has 0 saturated heterocycles. The van der Waals surface area contributed by atoms with Crippen LogP contribution in [0.3, 0.4) is 0 Å². The van der Waals surface area contributed by atoms with Gasteiger partial charge in [-0.05, 0) is 6.42 Å². The molecule has 3 N–H and O–H groups in total. The number of allylic oxidation sites excluding steroid dienone is 4. The molecule has 2 atom stereocenters. The molecule has 2 nitrogen and oxygen atoms in total. The van der Waals surface area contributed by atoms with E-state index in [1.165, 1.54) is 0 Å². The Kier molecular flexibility index (Phi) is 7.26. The van der Waals surface area contributed by atoms with Gasteiger partial charge in [-0.1, -0.05) is 50.3 Å². The van der Waals surface area contributed by atoms with Crippen molar-refractivity contribution in [3.05, 3.63) is 36.5 Å². The Morgan fingerprint density at radius 2 is 1.77 bits per heavy atom. The fourth-order valence-electron chi connectivity index (χ4n) is 0.903. The average Bonchev–Trinajstić information content (AvgIpc) is 2.25. The highest BCUT2D eigenvalue weighted by molar-refractivity contribution is 5.15. The third-order valence-corrected chi connectivity index (χ3v) is 1.62. The number of hydrogen-bond acceptors (Lipinski definition) is 2. The van der Waals surface area contributed by atoms with Crippen molar-refractivity contribution in [3.8, 4) is 0 Å². The summed E-state index contributed by atoms with van der Waals surface area (Å²) >= 11 is 0. The molecule has 0 aromatic rings. The van der Waals surface area contributed by atoms with E-state index in [1.807, 2.05) is 44.2 Å². The van der Waals surface area contributed by atoms with Gasteiger partial charge < -0.3 is 10.8 Å². The molecule has 0 amide bonds. The predicted molar refractivity (Wildman–Crippen MR) is 57.4 cm³/mol. The Balaban J connectivity index is 0.000000671. The number of rotatable bonds is 0. The van der Waals surface area contributed by atoms with Gasteiger partial charge in [-0.25, -0.2) is 0 Å². The summed E-state index contributed by atoms with van der Waals surface area (Å²) in [5, 5.41) is 9.35. The van der Waals surface area contributed by atoms with Crippen molar-refractivity contribution in [2.75, 3.05) is 0 Å². The van der Waals surface area contributed by atoms with Crippen molar-refractivity contribution in [1.82, 2.24) is 0 Å². The Labute approximate surface area is 80.5 Å². The molecule has 1 aliphatic carbocycles. The zero-order valence-electron chi connectivity index (χ0n) is 8.35. The van der Waals surface area contributed by atoms with Crippen LogP contribution in [0.4, 0.5) is 0 Å². The molecule has 0 unspecified atom stereocenters. The summed E-state index contributed by atoms with van der Waals surface area (Å²) in [5.74, 6) is 0. The fourth-order valence-corrected chi connectivity index (χ4v) is 0.903. The van der Waals surface area contributed by atoms with E-state index in [9.17, 15) is 5.11 Å². The van der Waals surface area contributed by atoms with Crippen LogP contribution in [0.15, 0.2) is 36.5 Å². The van der Waals surface area contributed by atoms with Gasteiger partial charge in [0.15, 0.2) is 0 Å². The van der Waals surface area contributed by atoms with E-state index in [-0.39, 0.29) is 6.04 Å². The summed E-state index contributed by atoms with van der Waals surface area (Å²) in [5.41, 5.74) is 5.61. The molecule has 0 saturated carbocycles. The van der Waals surface area contributed by atoms with Crippen LogP contribution in [0.2, 0.25) is 0 Å². The van der Waals surface area contributed by atoms with E-state index >= 15 is 0 Å². The minimum atomic E-state index is -0.456. The SMILES string of the molecule is CC.N[C@@H]1/C=C/C=C\C=C\C[C@@H]1O. The van der Waals surface area contributed by atoms with Crippen molar-refractivity contribution in [2.24, 2.45) is 5.73 Å². The van der Waals surface area contributed by atoms with Crippen LogP contribution in [0.1, 0.15) is 20.3 Å². The van der Waals surface area contributed by atoms with Gasteiger partial charge in [0, 0.05) is 6.04 Å². The van der Waals surface area contributed by atoms with Gasteiger partial charge in [-0.3, -0.25) is 0 Å². The van der Waals surface area contributed by atoms with Gasteiger partial charge in [0.1, 0.15) is 0 Å². The van der Waals surface area contributed by atoms with Crippen LogP contribution in [-0.2, 0) is 0 Å². The maximum absolute atomic E-state index is 9.35. The van der Waals surface area contributed by atoms with E-state index in [2.05, 4.69) is 0 Å². The van der Waals surface area contributed by atoms with Gasteiger partial charge in [0.05, 0.1) is 6.10 Å². The summed E-state index contributed by atoms with van der Waals surface area (Å²) in [6.45, 7) is 4.00. The lowest BCUT2D eigenvalue weighted by atomic mass is 10.1. The van der Waals surface area contributed by atoms with E-state index in [0.29, 0.717) is 6.42 Å². The normalized spacial score (nSPS) is 34.2. The monoisotopic (exact) mass is 181 g/mol. The zero-order valence-corrected chi connectivity index (χ0v) is 8.35. The van der Waals surface area contributed by atoms with Crippen LogP contribution in [0.25, 0.3) is 0 Å². The van der Waals surface area contributed by atoms with Crippen molar-refractivity contribution in [1.29, 1.82) is 0 Å². The fraction of sp³-hybridized carbons (Fsp3) is 0.455. The van der Waals surface area contributed by atoms with Gasteiger partial charge in [-0.15, -0.1) is 0 Å². The molecule has 13 heavy (non-hydrogen) atoms. The Morgan fingerprint density at radius 1 is 1.15 bits per heavy atom. The minimum absolute atomic E-state index is 0.248. The van der Waals surface area contributed by atoms with E-state index in [4.69, 9.17) is 5.73 Å². The maximum Gasteiger partial charge on any atom is 0.0761 e. The molecule has 0 bridgehead atoms. The quantitative estimate of drug-likeness (QED) is 0.598. The standard InChI is InChI=1S/C9H13NO.C2H6/c10-8-6-4-2-1-3-5-7-9(8)11;1-2/h1-6,8-9,11H,7,10H2;1-2H3/b2-1-,5-3+,6-4+;/t8-,9+;/m1./s1. The first-order chi connectivity index (χ1) is 6.30. The summed E-state index contributed by atoms with van der Waals surface area (Å²) in [7, 11) is 0. The third kappa shape index (κ3) is 5.39. The van der Waals surface area contributed by atoms with Crippen LogP contribution < -0.4 is 5.73 Å². The van der Waals surface area contributed by atoms with Crippen molar-refractivity contribution in [2.45, 2.75) is 32.4 Å². The summed E-state index contributed by atoms with van der Waals surface area (Å²) in [6.07, 6.45) is 11.4. The summed E-state index contributed by atoms with van der Waals surface area (Å²) in [4.78, 5) is 0. The first-order valence-electron chi connectivity index (χ1n) is 4.74. The summed E-state index contributed by atoms with van der Waals surface area (Å²) < 4.78 is 0. The predicted octanol–water partition coefficient (Wildman–Crippen LogP) is 1.77. The van der Waals surface area contributed by atoms with E-state index in [1.54, 1.807) is 6.08 Å². The maximum atomic E-state index is 9.35. The molecule has 0 aliphatic heterocycles. The van der Waals surface area contributed by atoms with Crippen molar-refractivity contribution >= 4 is 0 Å². The molecule has 1 aliphatic rings. The lowest BCUT2D eigenvalue weighted by Gasteiger charge is -2.12. The van der Waals surface area contributed by atoms with Gasteiger partial charge in [-0.2, -0.15) is 0 Å². The first kappa shape index (κ1) is 12.1. The van der Waals surface area contributed by atoms with Gasteiger partial charge in [0.25, 0.3) is 0 Å². The molecule has 2 heteroatoms. The molecular weight excluding hydrogens is 162 g/mol. The Bertz CT molecular complexity index is 194. The average molecular weight is 181 g/mol. The van der Waals surface area contributed by atoms with Crippen LogP contribution >= 0.6 is 0 Å². The number of aliphatic hydroxyl groups is 1. The summed E-state index contributed by atoms with van der Waals surface area (Å²) in [6, 6.07) is -0.248. The highest BCUT2D eigenvalue weighted by atomic mass is 16.3. The minimum Gasteiger partial charge on any atom is -0.391 e. The second-order valence-corrected chi connectivity index (χ2v) is 2.58. The molecular formula is C11H19NO. The lowest BCUT2D eigenvalue weighted by Crippen LogP contribution is -2.31. The van der Waals surface area contributed by atoms with Crippen molar-refractivity contribution < 1.29 is 5.11 Å². The van der Waals surface area contributed by atoms with Gasteiger partial charge in [0.2, 0.25) is 0 Å². The van der Waals surface area contributed by atoms with Crippen LogP contribution in [-0.4, -0.2) is 17.3 Å². The molecule has 0 aromatic heterocycles. The van der Waals surface area contributed by atoms with Gasteiger partial charge >= 0.3 is 0 Å². The zero-order chi connectivity index (χ0) is 10.1. The smallest absolute Gasteiger partial charge is 0.0761 e. The molecule has 1 rings (SSSR count). The largest absolute Gasteiger partial charge is 0.391 e. The molecule has 0 radical (unpaired) electrons. The Hall–Kier alpha value is -0.860. The molecule has 0 aromatic carbocycles. The second kappa shape index (κ2) is 7.77. The van der Waals surface area contributed by atoms with Crippen molar-refractivity contribution in [3.63, 3.8) is 0 Å². The number of nitrogens with two attached hydrogens (primary N) is 1. The van der Waals surface area contributed by atoms with Crippen LogP contribution in [0, 0.1) is 0 Å². The molecule has 0 fully saturated rings. The van der Waals surface area contributed by atoms with Crippen LogP contribution in [0.5, 0.6) is 0 Å². The Morgan fingerprint density at radius 3 is 2.46 bits per heavy atom. The molecule has 0 heterocycles. The highest BCUT2D eigenvalue weighted by Crippen LogP contribution is 2.01. The number of hydrogen-bond donors (Lipinski definition) is 2. The highest BCUT2D eigenvalue weighted by Gasteiger charge is 2.08. The number of aliphatic hydroxyl groups excluding tert-OH is 1. The van der Waals surface area contributed by atoms with E-state index in [0.717, 1.165) is 0 Å². The topological polar surface area (TPSA) is 46.2 Å². The lowest BCUT2D eigenvalue weighted by molar-refractivity contribution is 0.163. The molecule has 0 spiro atoms. The second-order valence-electron chi connectivity index (χ2n) is 2.58. The van der Waals surface area contributed by atoms with E-state index < -0.39 is 6.10 Å². The molecule has 74 valence electrons. The first-order valence-corrected chi connectivity index (χ1v) is 4.74. The third-order valence-electron chi connectivity index (χ3n) is 1.62.